The van der Waals surface area contributed by atoms with E-state index in [2.05, 4.69) is 20.3 Å². The molecule has 0 bridgehead atoms. The number of pyridine rings is 1. The lowest BCUT2D eigenvalue weighted by Crippen LogP contribution is -2.08. The molecule has 9 heteroatoms. The molecule has 1 aliphatic rings. The first-order valence-electron chi connectivity index (χ1n) is 10.9. The molecule has 1 aliphatic carbocycles. The number of aromatic nitrogens is 3. The second kappa shape index (κ2) is 8.90. The van der Waals surface area contributed by atoms with Gasteiger partial charge in [0.25, 0.3) is 0 Å². The number of allylic oxidation sites excluding steroid dienone is 2. The van der Waals surface area contributed by atoms with Gasteiger partial charge in [-0.1, -0.05) is 12.1 Å². The number of rotatable bonds is 8. The Labute approximate surface area is 199 Å². The molecular weight excluding hydrogens is 457 g/mol. The zero-order valence-electron chi connectivity index (χ0n) is 19.0. The van der Waals surface area contributed by atoms with E-state index in [1.807, 2.05) is 12.1 Å². The number of anilines is 1. The molecule has 1 unspecified atom stereocenters. The summed E-state index contributed by atoms with van der Waals surface area (Å²) >= 11 is 0. The van der Waals surface area contributed by atoms with Crippen LogP contribution in [0.1, 0.15) is 18.1 Å². The standard InChI is InChI=1S/C26H21F3N4O2/c1-15-13-26(15,29)17-11-21(34-2)33-22(12-17)35-18-5-3-16(4-6-18)9-10-30-25-23-19(27)7-8-20(28)24(23)31-14-32-25/h3-8,11-14H,9-10H2,1-2H3,(H,30,31,32). The Balaban J connectivity index is 1.24. The molecule has 178 valence electrons. The summed E-state index contributed by atoms with van der Waals surface area (Å²) in [5.41, 5.74) is 0.388. The highest BCUT2D eigenvalue weighted by Crippen LogP contribution is 2.49. The summed E-state index contributed by atoms with van der Waals surface area (Å²) in [5.74, 6) is 0.0543. The largest absolute Gasteiger partial charge is 0.481 e. The second-order valence-electron chi connectivity index (χ2n) is 8.17. The molecule has 2 aromatic carbocycles. The molecule has 1 atom stereocenters. The molecule has 4 aromatic rings. The number of alkyl halides is 1. The van der Waals surface area contributed by atoms with Crippen molar-refractivity contribution in [2.24, 2.45) is 0 Å². The molecule has 0 aliphatic heterocycles. The van der Waals surface area contributed by atoms with Crippen LogP contribution in [0.25, 0.3) is 10.9 Å². The van der Waals surface area contributed by atoms with E-state index in [9.17, 15) is 13.2 Å². The lowest BCUT2D eigenvalue weighted by molar-refractivity contribution is 0.335. The number of ether oxygens (including phenoxy) is 2. The Morgan fingerprint density at radius 1 is 0.971 bits per heavy atom. The van der Waals surface area contributed by atoms with Gasteiger partial charge < -0.3 is 14.8 Å². The molecule has 0 amide bonds. The van der Waals surface area contributed by atoms with Crippen molar-refractivity contribution in [2.45, 2.75) is 19.0 Å². The first-order chi connectivity index (χ1) is 16.9. The maximum absolute atomic E-state index is 14.8. The average Bonchev–Trinajstić information content (AvgIpc) is 3.49. The van der Waals surface area contributed by atoms with Gasteiger partial charge in [-0.3, -0.25) is 0 Å². The molecule has 0 radical (unpaired) electrons. The normalized spacial score (nSPS) is 16.7. The van der Waals surface area contributed by atoms with Crippen LogP contribution in [0, 0.1) is 11.6 Å². The monoisotopic (exact) mass is 478 g/mol. The first kappa shape index (κ1) is 22.6. The summed E-state index contributed by atoms with van der Waals surface area (Å²) in [6.45, 7) is 2.16. The lowest BCUT2D eigenvalue weighted by atomic mass is 10.1. The fraction of sp³-hybridized carbons (Fsp3) is 0.192. The van der Waals surface area contributed by atoms with Crippen molar-refractivity contribution in [1.82, 2.24) is 15.0 Å². The second-order valence-corrected chi connectivity index (χ2v) is 8.17. The summed E-state index contributed by atoms with van der Waals surface area (Å²) in [6, 6.07) is 12.5. The van der Waals surface area contributed by atoms with Crippen LogP contribution in [-0.4, -0.2) is 28.6 Å². The Morgan fingerprint density at radius 3 is 2.40 bits per heavy atom. The highest BCUT2D eigenvalue weighted by Gasteiger charge is 2.44. The van der Waals surface area contributed by atoms with Gasteiger partial charge in [0.15, 0.2) is 5.67 Å². The number of benzene rings is 2. The Hall–Kier alpha value is -4.14. The van der Waals surface area contributed by atoms with E-state index in [0.717, 1.165) is 17.7 Å². The average molecular weight is 478 g/mol. The minimum atomic E-state index is -1.57. The van der Waals surface area contributed by atoms with Crippen molar-refractivity contribution in [3.8, 4) is 17.5 Å². The summed E-state index contributed by atoms with van der Waals surface area (Å²) < 4.78 is 54.0. The molecule has 0 saturated carbocycles. The van der Waals surface area contributed by atoms with Crippen LogP contribution in [0.4, 0.5) is 19.0 Å². The predicted molar refractivity (Wildman–Crippen MR) is 125 cm³/mol. The molecule has 0 fully saturated rings. The van der Waals surface area contributed by atoms with E-state index in [4.69, 9.17) is 9.47 Å². The summed E-state index contributed by atoms with van der Waals surface area (Å²) in [5, 5.41) is 3.07. The molecule has 1 N–H and O–H groups in total. The van der Waals surface area contributed by atoms with Crippen LogP contribution in [0.3, 0.4) is 0 Å². The van der Waals surface area contributed by atoms with Crippen LogP contribution < -0.4 is 14.8 Å². The van der Waals surface area contributed by atoms with E-state index in [-0.39, 0.29) is 28.5 Å². The third-order valence-corrected chi connectivity index (χ3v) is 5.85. The van der Waals surface area contributed by atoms with Crippen LogP contribution in [-0.2, 0) is 12.1 Å². The van der Waals surface area contributed by atoms with E-state index in [1.165, 1.54) is 19.5 Å². The van der Waals surface area contributed by atoms with Crippen LogP contribution >= 0.6 is 0 Å². The smallest absolute Gasteiger partial charge is 0.222 e. The molecule has 2 heterocycles. The highest BCUT2D eigenvalue weighted by atomic mass is 19.1. The van der Waals surface area contributed by atoms with Crippen molar-refractivity contribution in [3.05, 3.63) is 89.3 Å². The zero-order valence-corrected chi connectivity index (χ0v) is 19.0. The van der Waals surface area contributed by atoms with Gasteiger partial charge in [0.05, 0.1) is 12.5 Å². The zero-order chi connectivity index (χ0) is 24.6. The van der Waals surface area contributed by atoms with E-state index in [0.29, 0.717) is 29.9 Å². The van der Waals surface area contributed by atoms with E-state index >= 15 is 0 Å². The minimum absolute atomic E-state index is 0.0213. The first-order valence-corrected chi connectivity index (χ1v) is 10.9. The number of methoxy groups -OCH3 is 1. The Kier molecular flexibility index (Phi) is 5.76. The van der Waals surface area contributed by atoms with E-state index < -0.39 is 17.3 Å². The van der Waals surface area contributed by atoms with Gasteiger partial charge in [-0.2, -0.15) is 4.98 Å². The van der Waals surface area contributed by atoms with Crippen molar-refractivity contribution in [1.29, 1.82) is 0 Å². The fourth-order valence-corrected chi connectivity index (χ4v) is 3.83. The SMILES string of the molecule is COc1cc(C2(F)C=C2C)cc(Oc2ccc(CCNc3ncnc4c(F)ccc(F)c34)cc2)n1. The van der Waals surface area contributed by atoms with Crippen LogP contribution in [0.2, 0.25) is 0 Å². The van der Waals surface area contributed by atoms with Gasteiger partial charge in [0, 0.05) is 24.2 Å². The Bertz CT molecular complexity index is 1440. The van der Waals surface area contributed by atoms with Crippen molar-refractivity contribution >= 4 is 16.7 Å². The molecule has 2 aromatic heterocycles. The van der Waals surface area contributed by atoms with Gasteiger partial charge in [0.1, 0.15) is 35.0 Å². The number of hydrogen-bond donors (Lipinski definition) is 1. The van der Waals surface area contributed by atoms with Gasteiger partial charge in [0.2, 0.25) is 11.8 Å². The highest BCUT2D eigenvalue weighted by molar-refractivity contribution is 5.89. The number of fused-ring (bicyclic) bond motifs is 1. The van der Waals surface area contributed by atoms with Gasteiger partial charge in [-0.05, 0) is 54.8 Å². The molecule has 35 heavy (non-hydrogen) atoms. The van der Waals surface area contributed by atoms with Gasteiger partial charge in [-0.25, -0.2) is 23.1 Å². The summed E-state index contributed by atoms with van der Waals surface area (Å²) in [7, 11) is 1.46. The van der Waals surface area contributed by atoms with E-state index in [1.54, 1.807) is 31.2 Å². The van der Waals surface area contributed by atoms with Crippen molar-refractivity contribution in [2.75, 3.05) is 19.0 Å². The van der Waals surface area contributed by atoms with Crippen molar-refractivity contribution < 1.29 is 22.6 Å². The molecular formula is C26H21F3N4O2. The number of nitrogens with one attached hydrogen (secondary N) is 1. The minimum Gasteiger partial charge on any atom is -0.481 e. The lowest BCUT2D eigenvalue weighted by Gasteiger charge is -2.13. The fourth-order valence-electron chi connectivity index (χ4n) is 3.83. The molecule has 6 nitrogen and oxygen atoms in total. The van der Waals surface area contributed by atoms with Crippen LogP contribution in [0.5, 0.6) is 17.5 Å². The van der Waals surface area contributed by atoms with Crippen molar-refractivity contribution in [3.63, 3.8) is 0 Å². The maximum atomic E-state index is 14.8. The topological polar surface area (TPSA) is 69.2 Å². The molecule has 0 spiro atoms. The number of hydrogen-bond acceptors (Lipinski definition) is 6. The third-order valence-electron chi connectivity index (χ3n) is 5.85. The predicted octanol–water partition coefficient (Wildman–Crippen LogP) is 5.88. The number of halogens is 3. The number of nitrogens with zero attached hydrogens (tertiary/aromatic N) is 3. The maximum Gasteiger partial charge on any atom is 0.222 e. The van der Waals surface area contributed by atoms with Gasteiger partial charge >= 0.3 is 0 Å². The third kappa shape index (κ3) is 4.49. The van der Waals surface area contributed by atoms with Crippen LogP contribution in [0.15, 0.2) is 66.5 Å². The Morgan fingerprint density at radius 2 is 1.69 bits per heavy atom. The molecule has 5 rings (SSSR count). The molecule has 0 saturated heterocycles. The summed E-state index contributed by atoms with van der Waals surface area (Å²) in [4.78, 5) is 12.1. The quantitative estimate of drug-likeness (QED) is 0.319. The summed E-state index contributed by atoms with van der Waals surface area (Å²) in [6.07, 6.45) is 3.33. The van der Waals surface area contributed by atoms with Gasteiger partial charge in [-0.15, -0.1) is 0 Å².